The number of likely N-dealkylation sites (N-methyl/N-ethyl adjacent to an activating group) is 1. The van der Waals surface area contributed by atoms with Crippen molar-refractivity contribution < 1.29 is 14.6 Å². The van der Waals surface area contributed by atoms with Crippen LogP contribution in [-0.4, -0.2) is 96.5 Å². The van der Waals surface area contributed by atoms with E-state index < -0.39 is 0 Å². The summed E-state index contributed by atoms with van der Waals surface area (Å²) in [6, 6.07) is 7.40. The van der Waals surface area contributed by atoms with Gasteiger partial charge in [-0.3, -0.25) is 4.90 Å². The zero-order valence-electron chi connectivity index (χ0n) is 22.0. The normalized spacial score (nSPS) is 19.6. The van der Waals surface area contributed by atoms with E-state index in [9.17, 15) is 5.11 Å². The summed E-state index contributed by atoms with van der Waals surface area (Å²) in [6.45, 7) is 8.30. The zero-order chi connectivity index (χ0) is 26.7. The first kappa shape index (κ1) is 26.4. The van der Waals surface area contributed by atoms with Crippen molar-refractivity contribution >= 4 is 29.1 Å². The summed E-state index contributed by atoms with van der Waals surface area (Å²) in [5, 5.41) is 16.9. The molecule has 0 bridgehead atoms. The predicted molar refractivity (Wildman–Crippen MR) is 149 cm³/mol. The number of methoxy groups -OCH3 is 1. The lowest BCUT2D eigenvalue weighted by Gasteiger charge is -2.32. The number of nitrogens with zero attached hydrogens (tertiary/aromatic N) is 5. The molecule has 1 unspecified atom stereocenters. The van der Waals surface area contributed by atoms with Gasteiger partial charge < -0.3 is 30.1 Å². The van der Waals surface area contributed by atoms with Crippen LogP contribution >= 0.6 is 11.6 Å². The van der Waals surface area contributed by atoms with Crippen molar-refractivity contribution in [2.75, 3.05) is 77.3 Å². The minimum atomic E-state index is -0.384. The average Bonchev–Trinajstić information content (AvgIpc) is 3.27. The van der Waals surface area contributed by atoms with Crippen LogP contribution in [0.2, 0.25) is 5.02 Å². The molecule has 1 atom stereocenters. The van der Waals surface area contributed by atoms with Crippen LogP contribution in [0.4, 0.5) is 17.5 Å². The molecule has 3 aromatic rings. The molecule has 202 valence electrons. The van der Waals surface area contributed by atoms with Crippen LogP contribution in [0.25, 0.3) is 11.3 Å². The smallest absolute Gasteiger partial charge is 0.227 e. The Hall–Kier alpha value is -3.18. The first-order valence-corrected chi connectivity index (χ1v) is 13.1. The molecule has 1 aromatic carbocycles. The van der Waals surface area contributed by atoms with Crippen molar-refractivity contribution in [3.05, 3.63) is 47.2 Å². The number of fused-ring (bicyclic) bond motifs is 1. The molecule has 11 heteroatoms. The van der Waals surface area contributed by atoms with Crippen LogP contribution in [0, 0.1) is 0 Å². The van der Waals surface area contributed by atoms with Gasteiger partial charge in [-0.2, -0.15) is 0 Å². The van der Waals surface area contributed by atoms with Gasteiger partial charge in [0.1, 0.15) is 23.9 Å². The number of nitrogens with one attached hydrogen (secondary N) is 2. The van der Waals surface area contributed by atoms with Crippen LogP contribution in [0.5, 0.6) is 11.5 Å². The highest BCUT2D eigenvalue weighted by molar-refractivity contribution is 6.32. The molecule has 4 heterocycles. The monoisotopic (exact) mass is 539 g/mol. The third-order valence-electron chi connectivity index (χ3n) is 7.25. The number of aliphatic hydroxyl groups excluding tert-OH is 1. The van der Waals surface area contributed by atoms with Gasteiger partial charge in [0, 0.05) is 74.3 Å². The van der Waals surface area contributed by atoms with Crippen molar-refractivity contribution in [3.63, 3.8) is 0 Å². The van der Waals surface area contributed by atoms with Gasteiger partial charge in [0.15, 0.2) is 0 Å². The van der Waals surface area contributed by atoms with Crippen LogP contribution in [0.3, 0.4) is 0 Å². The third kappa shape index (κ3) is 5.63. The Morgan fingerprint density at radius 2 is 1.97 bits per heavy atom. The Bertz CT molecular complexity index is 1290. The highest BCUT2D eigenvalue weighted by Gasteiger charge is 2.35. The summed E-state index contributed by atoms with van der Waals surface area (Å²) in [5.41, 5.74) is 2.77. The van der Waals surface area contributed by atoms with Gasteiger partial charge in [0.25, 0.3) is 0 Å². The second-order valence-corrected chi connectivity index (χ2v) is 10.5. The number of aliphatic hydroxyl groups is 1. The number of aromatic nitrogens is 3. The fraction of sp³-hybridized carbons (Fsp3) is 0.444. The molecule has 0 saturated carbocycles. The Kier molecular flexibility index (Phi) is 7.85. The fourth-order valence-electron chi connectivity index (χ4n) is 4.69. The lowest BCUT2D eigenvalue weighted by Crippen LogP contribution is -2.45. The van der Waals surface area contributed by atoms with Crippen LogP contribution in [0.15, 0.2) is 36.7 Å². The van der Waals surface area contributed by atoms with E-state index in [0.29, 0.717) is 47.0 Å². The molecule has 0 amide bonds. The number of piperazine rings is 1. The van der Waals surface area contributed by atoms with Gasteiger partial charge in [0.2, 0.25) is 5.95 Å². The van der Waals surface area contributed by atoms with E-state index in [1.165, 1.54) is 0 Å². The van der Waals surface area contributed by atoms with E-state index in [1.54, 1.807) is 31.6 Å². The van der Waals surface area contributed by atoms with Gasteiger partial charge in [-0.1, -0.05) is 18.5 Å². The highest BCUT2D eigenvalue weighted by Crippen LogP contribution is 2.38. The molecule has 3 N–H and O–H groups in total. The number of rotatable bonds is 9. The Balaban J connectivity index is 1.29. The summed E-state index contributed by atoms with van der Waals surface area (Å²) in [5.74, 6) is 2.33. The van der Waals surface area contributed by atoms with E-state index in [-0.39, 0.29) is 12.0 Å². The summed E-state index contributed by atoms with van der Waals surface area (Å²) < 4.78 is 11.6. The number of anilines is 3. The molecule has 2 aliphatic heterocycles. The lowest BCUT2D eigenvalue weighted by atomic mass is 9.85. The highest BCUT2D eigenvalue weighted by atomic mass is 35.5. The maximum absolute atomic E-state index is 9.91. The van der Waals surface area contributed by atoms with E-state index in [1.807, 2.05) is 19.1 Å². The minimum absolute atomic E-state index is 0.0326. The molecule has 2 aromatic heterocycles. The first-order chi connectivity index (χ1) is 18.4. The first-order valence-electron chi connectivity index (χ1n) is 12.8. The molecule has 2 aliphatic rings. The molecule has 5 rings (SSSR count). The fourth-order valence-corrected chi connectivity index (χ4v) is 4.91. The number of hydrogen-bond donors (Lipinski definition) is 3. The van der Waals surface area contributed by atoms with Crippen molar-refractivity contribution in [3.8, 4) is 22.8 Å². The van der Waals surface area contributed by atoms with Gasteiger partial charge >= 0.3 is 0 Å². The van der Waals surface area contributed by atoms with E-state index >= 15 is 0 Å². The molecular weight excluding hydrogens is 506 g/mol. The molecule has 1 fully saturated rings. The maximum Gasteiger partial charge on any atom is 0.227 e. The van der Waals surface area contributed by atoms with Gasteiger partial charge in [-0.15, -0.1) is 0 Å². The topological polar surface area (TPSA) is 108 Å². The minimum Gasteiger partial charge on any atom is -0.494 e. The third-order valence-corrected chi connectivity index (χ3v) is 7.54. The Morgan fingerprint density at radius 1 is 1.16 bits per heavy atom. The predicted octanol–water partition coefficient (Wildman–Crippen LogP) is 3.25. The molecule has 10 nitrogen and oxygen atoms in total. The number of hydrogen-bond acceptors (Lipinski definition) is 10. The summed E-state index contributed by atoms with van der Waals surface area (Å²) >= 11 is 6.57. The average molecular weight is 540 g/mol. The van der Waals surface area contributed by atoms with Crippen LogP contribution < -0.4 is 20.1 Å². The number of halogens is 1. The Labute approximate surface area is 228 Å². The molecule has 0 spiro atoms. The van der Waals surface area contributed by atoms with Crippen LogP contribution in [-0.2, 0) is 5.41 Å². The van der Waals surface area contributed by atoms with Crippen molar-refractivity contribution in [2.24, 2.45) is 0 Å². The molecule has 0 radical (unpaired) electrons. The second kappa shape index (κ2) is 11.3. The lowest BCUT2D eigenvalue weighted by molar-refractivity contribution is 0.133. The Morgan fingerprint density at radius 3 is 2.74 bits per heavy atom. The molecular formula is C27H34ClN7O3. The largest absolute Gasteiger partial charge is 0.494 e. The van der Waals surface area contributed by atoms with Crippen LogP contribution in [0.1, 0.15) is 12.5 Å². The van der Waals surface area contributed by atoms with Gasteiger partial charge in [-0.05, 0) is 25.2 Å². The van der Waals surface area contributed by atoms with Gasteiger partial charge in [0.05, 0.1) is 30.1 Å². The summed E-state index contributed by atoms with van der Waals surface area (Å²) in [4.78, 5) is 18.3. The van der Waals surface area contributed by atoms with Crippen molar-refractivity contribution in [1.29, 1.82) is 0 Å². The number of benzene rings is 1. The quantitative estimate of drug-likeness (QED) is 0.375. The zero-order valence-corrected chi connectivity index (χ0v) is 22.8. The summed E-state index contributed by atoms with van der Waals surface area (Å²) in [6.07, 6.45) is 3.46. The standard InChI is InChI=1S/C27H34ClN7O3/c1-27(17-36)16-31-25-19(27)12-18(15-30-25)21-4-5-29-26(32-21)33-22-13-20(28)23(14-24(22)37-3)38-11-10-35-8-6-34(2)7-9-35/h4-5,12-15,36H,6-11,16-17H2,1-3H3,(H,30,31)(H,29,32,33). The molecule has 0 aliphatic carbocycles. The summed E-state index contributed by atoms with van der Waals surface area (Å²) in [7, 11) is 3.74. The van der Waals surface area contributed by atoms with E-state index in [4.69, 9.17) is 21.1 Å². The molecule has 38 heavy (non-hydrogen) atoms. The van der Waals surface area contributed by atoms with Crippen molar-refractivity contribution in [2.45, 2.75) is 12.3 Å². The number of pyridine rings is 1. The maximum atomic E-state index is 9.91. The van der Waals surface area contributed by atoms with Gasteiger partial charge in [-0.25, -0.2) is 15.0 Å². The van der Waals surface area contributed by atoms with E-state index in [0.717, 1.165) is 49.7 Å². The van der Waals surface area contributed by atoms with E-state index in [2.05, 4.69) is 42.4 Å². The molecule has 1 saturated heterocycles. The van der Waals surface area contributed by atoms with Crippen molar-refractivity contribution in [1.82, 2.24) is 24.8 Å². The second-order valence-electron chi connectivity index (χ2n) is 10.1. The number of ether oxygens (including phenoxy) is 2. The SMILES string of the molecule is COc1cc(OCCN2CCN(C)CC2)c(Cl)cc1Nc1nccc(-c2cnc3c(c2)C(C)(CO)CN3)n1.